The summed E-state index contributed by atoms with van der Waals surface area (Å²) in [6, 6.07) is 20.5. The van der Waals surface area contributed by atoms with Crippen molar-refractivity contribution in [1.82, 2.24) is 9.99 Å². The van der Waals surface area contributed by atoms with Crippen molar-refractivity contribution >= 4 is 23.7 Å². The van der Waals surface area contributed by atoms with Crippen molar-refractivity contribution in [3.8, 4) is 5.69 Å². The lowest BCUT2D eigenvalue weighted by molar-refractivity contribution is -0.121. The first-order valence-corrected chi connectivity index (χ1v) is 8.99. The number of nitrogens with one attached hydrogen (secondary N) is 1. The minimum absolute atomic E-state index is 0.186. The molecule has 0 aliphatic rings. The van der Waals surface area contributed by atoms with Gasteiger partial charge in [-0.25, -0.2) is 5.43 Å². The Hall–Kier alpha value is -2.89. The monoisotopic (exact) mass is 381 g/mol. The number of carbonyl (C=O) groups is 1. The van der Waals surface area contributed by atoms with E-state index in [-0.39, 0.29) is 12.3 Å². The van der Waals surface area contributed by atoms with Gasteiger partial charge >= 0.3 is 0 Å². The van der Waals surface area contributed by atoms with Crippen LogP contribution in [0.25, 0.3) is 5.69 Å². The SMILES string of the molecule is O=C(CC[C@@H](O)c1ccccc1)N/N=C\c1cccn1-c1ccc(Cl)cc1. The third-order valence-corrected chi connectivity index (χ3v) is 4.35. The van der Waals surface area contributed by atoms with E-state index in [9.17, 15) is 9.90 Å². The Morgan fingerprint density at radius 1 is 1.11 bits per heavy atom. The zero-order chi connectivity index (χ0) is 19.1. The summed E-state index contributed by atoms with van der Waals surface area (Å²) in [6.45, 7) is 0. The van der Waals surface area contributed by atoms with Gasteiger partial charge in [0.25, 0.3) is 0 Å². The predicted molar refractivity (Wildman–Crippen MR) is 107 cm³/mol. The number of hydrazone groups is 1. The first kappa shape index (κ1) is 18.9. The van der Waals surface area contributed by atoms with E-state index in [1.807, 2.05) is 77.5 Å². The molecule has 1 amide bonds. The number of hydrogen-bond acceptors (Lipinski definition) is 3. The summed E-state index contributed by atoms with van der Waals surface area (Å²) in [5.41, 5.74) is 5.07. The molecule has 0 unspecified atom stereocenters. The summed E-state index contributed by atoms with van der Waals surface area (Å²) >= 11 is 5.92. The van der Waals surface area contributed by atoms with Gasteiger partial charge in [0.15, 0.2) is 0 Å². The molecule has 0 radical (unpaired) electrons. The third-order valence-electron chi connectivity index (χ3n) is 4.10. The Balaban J connectivity index is 1.53. The fourth-order valence-corrected chi connectivity index (χ4v) is 2.80. The smallest absolute Gasteiger partial charge is 0.240 e. The summed E-state index contributed by atoms with van der Waals surface area (Å²) in [4.78, 5) is 11.9. The van der Waals surface area contributed by atoms with Crippen LogP contribution in [-0.2, 0) is 4.79 Å². The molecular weight excluding hydrogens is 362 g/mol. The van der Waals surface area contributed by atoms with E-state index < -0.39 is 6.10 Å². The molecule has 0 aliphatic heterocycles. The molecule has 3 aromatic rings. The van der Waals surface area contributed by atoms with Gasteiger partial charge in [-0.1, -0.05) is 41.9 Å². The molecule has 138 valence electrons. The quantitative estimate of drug-likeness (QED) is 0.478. The molecule has 0 aliphatic carbocycles. The first-order valence-electron chi connectivity index (χ1n) is 8.62. The number of rotatable bonds is 7. The summed E-state index contributed by atoms with van der Waals surface area (Å²) < 4.78 is 1.94. The van der Waals surface area contributed by atoms with E-state index in [0.29, 0.717) is 11.4 Å². The van der Waals surface area contributed by atoms with Crippen molar-refractivity contribution < 1.29 is 9.90 Å². The second-order valence-corrected chi connectivity index (χ2v) is 6.47. The third kappa shape index (κ3) is 5.29. The second kappa shape index (κ2) is 9.16. The van der Waals surface area contributed by atoms with Crippen molar-refractivity contribution in [3.05, 3.63) is 89.2 Å². The maximum atomic E-state index is 11.9. The number of nitrogens with zero attached hydrogens (tertiary/aromatic N) is 2. The number of aliphatic hydroxyl groups excluding tert-OH is 1. The van der Waals surface area contributed by atoms with Gasteiger partial charge in [-0.05, 0) is 48.4 Å². The molecule has 2 N–H and O–H groups in total. The highest BCUT2D eigenvalue weighted by atomic mass is 35.5. The molecule has 27 heavy (non-hydrogen) atoms. The molecular formula is C21H20ClN3O2. The highest BCUT2D eigenvalue weighted by Crippen LogP contribution is 2.17. The van der Waals surface area contributed by atoms with Crippen molar-refractivity contribution in [3.63, 3.8) is 0 Å². The van der Waals surface area contributed by atoms with Crippen molar-refractivity contribution in [2.75, 3.05) is 0 Å². The zero-order valence-electron chi connectivity index (χ0n) is 14.6. The lowest BCUT2D eigenvalue weighted by Gasteiger charge is -2.09. The zero-order valence-corrected chi connectivity index (χ0v) is 15.4. The van der Waals surface area contributed by atoms with Crippen LogP contribution in [0.15, 0.2) is 78.0 Å². The number of halogens is 1. The molecule has 0 saturated heterocycles. The standard InChI is InChI=1S/C21H20ClN3O2/c22-17-8-10-18(11-9-17)25-14-4-7-19(25)15-23-24-21(27)13-12-20(26)16-5-2-1-3-6-16/h1-11,14-15,20,26H,12-13H2,(H,24,27)/b23-15-/t20-/m1/s1. The summed E-state index contributed by atoms with van der Waals surface area (Å²) in [5, 5.41) is 14.8. The van der Waals surface area contributed by atoms with Crippen LogP contribution < -0.4 is 5.43 Å². The van der Waals surface area contributed by atoms with Crippen LogP contribution in [0, 0.1) is 0 Å². The molecule has 0 saturated carbocycles. The maximum absolute atomic E-state index is 11.9. The number of aromatic nitrogens is 1. The van der Waals surface area contributed by atoms with Crippen LogP contribution in [0.1, 0.15) is 30.2 Å². The van der Waals surface area contributed by atoms with Crippen LogP contribution in [0.4, 0.5) is 0 Å². The fraction of sp³-hybridized carbons (Fsp3) is 0.143. The van der Waals surface area contributed by atoms with Crippen LogP contribution in [0.5, 0.6) is 0 Å². The number of carbonyl (C=O) groups excluding carboxylic acids is 1. The molecule has 6 heteroatoms. The van der Waals surface area contributed by atoms with Crippen LogP contribution >= 0.6 is 11.6 Å². The van der Waals surface area contributed by atoms with Crippen molar-refractivity contribution in [2.45, 2.75) is 18.9 Å². The minimum atomic E-state index is -0.664. The van der Waals surface area contributed by atoms with E-state index >= 15 is 0 Å². The van der Waals surface area contributed by atoms with E-state index in [1.165, 1.54) is 0 Å². The first-order chi connectivity index (χ1) is 13.1. The number of aliphatic hydroxyl groups is 1. The predicted octanol–water partition coefficient (Wildman–Crippen LogP) is 4.09. The van der Waals surface area contributed by atoms with Gasteiger partial charge in [0, 0.05) is 23.3 Å². The van der Waals surface area contributed by atoms with Gasteiger partial charge in [0.2, 0.25) is 5.91 Å². The van der Waals surface area contributed by atoms with Crippen LogP contribution in [-0.4, -0.2) is 21.8 Å². The summed E-state index contributed by atoms with van der Waals surface area (Å²) in [7, 11) is 0. The summed E-state index contributed by atoms with van der Waals surface area (Å²) in [5.74, 6) is -0.245. The molecule has 2 aromatic carbocycles. The molecule has 3 rings (SSSR count). The highest BCUT2D eigenvalue weighted by molar-refractivity contribution is 6.30. The van der Waals surface area contributed by atoms with E-state index in [0.717, 1.165) is 16.9 Å². The average molecular weight is 382 g/mol. The lowest BCUT2D eigenvalue weighted by Crippen LogP contribution is -2.18. The van der Waals surface area contributed by atoms with Crippen molar-refractivity contribution in [2.24, 2.45) is 5.10 Å². The van der Waals surface area contributed by atoms with E-state index in [1.54, 1.807) is 6.21 Å². The largest absolute Gasteiger partial charge is 0.388 e. The normalized spacial score (nSPS) is 12.2. The molecule has 1 aromatic heterocycles. The minimum Gasteiger partial charge on any atom is -0.388 e. The number of benzene rings is 2. The number of hydrogen-bond donors (Lipinski definition) is 2. The van der Waals surface area contributed by atoms with Crippen LogP contribution in [0.2, 0.25) is 5.02 Å². The van der Waals surface area contributed by atoms with Gasteiger partial charge in [0.05, 0.1) is 18.0 Å². The van der Waals surface area contributed by atoms with E-state index in [4.69, 9.17) is 11.6 Å². The van der Waals surface area contributed by atoms with Gasteiger partial charge in [-0.2, -0.15) is 5.10 Å². The van der Waals surface area contributed by atoms with Crippen LogP contribution in [0.3, 0.4) is 0 Å². The van der Waals surface area contributed by atoms with Gasteiger partial charge in [-0.3, -0.25) is 4.79 Å². The Kier molecular flexibility index (Phi) is 6.41. The Morgan fingerprint density at radius 2 is 1.85 bits per heavy atom. The molecule has 0 spiro atoms. The molecule has 1 heterocycles. The molecule has 1 atom stereocenters. The maximum Gasteiger partial charge on any atom is 0.240 e. The molecule has 0 bridgehead atoms. The van der Waals surface area contributed by atoms with Crippen molar-refractivity contribution in [1.29, 1.82) is 0 Å². The Morgan fingerprint density at radius 3 is 2.59 bits per heavy atom. The Bertz CT molecular complexity index is 905. The van der Waals surface area contributed by atoms with E-state index in [2.05, 4.69) is 10.5 Å². The van der Waals surface area contributed by atoms with Gasteiger partial charge in [-0.15, -0.1) is 0 Å². The van der Waals surface area contributed by atoms with Gasteiger partial charge < -0.3 is 9.67 Å². The topological polar surface area (TPSA) is 66.6 Å². The second-order valence-electron chi connectivity index (χ2n) is 6.04. The highest BCUT2D eigenvalue weighted by Gasteiger charge is 2.09. The average Bonchev–Trinajstić information content (AvgIpc) is 3.16. The molecule has 5 nitrogen and oxygen atoms in total. The fourth-order valence-electron chi connectivity index (χ4n) is 2.67. The number of amides is 1. The lowest BCUT2D eigenvalue weighted by atomic mass is 10.1. The van der Waals surface area contributed by atoms with Gasteiger partial charge in [0.1, 0.15) is 0 Å². The Labute approximate surface area is 162 Å². The summed E-state index contributed by atoms with van der Waals surface area (Å²) in [6.07, 6.45) is 3.35. The molecule has 0 fully saturated rings.